The van der Waals surface area contributed by atoms with Gasteiger partial charge >= 0.3 is 0 Å². The Morgan fingerprint density at radius 3 is 1.64 bits per heavy atom. The number of nitrogens with two attached hydrogens (primary N) is 2. The van der Waals surface area contributed by atoms with Gasteiger partial charge in [-0.3, -0.25) is 0 Å². The van der Waals surface area contributed by atoms with Crippen LogP contribution in [0.4, 0.5) is 0 Å². The second-order valence-electron chi connectivity index (χ2n) is 17.1. The van der Waals surface area contributed by atoms with Crippen LogP contribution in [-0.4, -0.2) is 240 Å². The molecular weight excluding hydrogens is 800 g/mol. The van der Waals surface area contributed by atoms with Crippen molar-refractivity contribution in [2.75, 3.05) is 19.8 Å². The maximum absolute atomic E-state index is 11.4. The monoisotopic (exact) mass is 862 g/mol. The van der Waals surface area contributed by atoms with Gasteiger partial charge in [-0.15, -0.1) is 0 Å². The van der Waals surface area contributed by atoms with Gasteiger partial charge in [0.25, 0.3) is 0 Å². The SMILES string of the molecule is CC1O[C@@H](C2(O[C@@H]3OC(CO)C(O)[C@H](O)C3OC3OC(C)[C@@H](O)C(O)[C@@H]3O)O[C@@H]3C(N)[C@H](O[C@H]4C(O)C(CO)O[C@H](OC(C)(C)C)C4N)OC(CO)C32)C(O)[C@H](O)C1O. The fourth-order valence-corrected chi connectivity index (χ4v) is 8.53. The first-order valence-corrected chi connectivity index (χ1v) is 19.7. The predicted octanol–water partition coefficient (Wildman–Crippen LogP) is -8.11. The molecule has 6 heterocycles. The summed E-state index contributed by atoms with van der Waals surface area (Å²) in [6, 6.07) is -2.49. The highest BCUT2D eigenvalue weighted by atomic mass is 16.8. The molecule has 6 saturated heterocycles. The van der Waals surface area contributed by atoms with E-state index in [4.69, 9.17) is 58.8 Å². The van der Waals surface area contributed by atoms with Crippen LogP contribution in [-0.2, 0) is 47.4 Å². The first-order chi connectivity index (χ1) is 27.6. The van der Waals surface area contributed by atoms with E-state index in [1.165, 1.54) is 13.8 Å². The zero-order valence-electron chi connectivity index (χ0n) is 33.2. The second kappa shape index (κ2) is 18.3. The van der Waals surface area contributed by atoms with Crippen LogP contribution in [0.2, 0.25) is 0 Å². The van der Waals surface area contributed by atoms with Crippen LogP contribution < -0.4 is 11.5 Å². The van der Waals surface area contributed by atoms with Crippen LogP contribution in [0.5, 0.6) is 0 Å². The summed E-state index contributed by atoms with van der Waals surface area (Å²) in [7, 11) is 0. The molecule has 0 radical (unpaired) electrons. The van der Waals surface area contributed by atoms with Crippen molar-refractivity contribution >= 4 is 0 Å². The number of hydrogen-bond acceptors (Lipinski definition) is 24. The lowest BCUT2D eigenvalue weighted by Gasteiger charge is -2.65. The Labute approximate surface area is 338 Å². The summed E-state index contributed by atoms with van der Waals surface area (Å²) in [4.78, 5) is 0. The molecule has 26 atom stereocenters. The van der Waals surface area contributed by atoms with Crippen molar-refractivity contribution in [3.8, 4) is 0 Å². The lowest BCUT2D eigenvalue weighted by atomic mass is 9.71. The number of aliphatic hydroxyl groups is 12. The molecule has 59 heavy (non-hydrogen) atoms. The van der Waals surface area contributed by atoms with Crippen LogP contribution in [0, 0.1) is 5.92 Å². The number of aliphatic hydroxyl groups excluding tert-OH is 12. The lowest BCUT2D eigenvalue weighted by Crippen LogP contribution is -2.83. The lowest BCUT2D eigenvalue weighted by molar-refractivity contribution is -0.509. The minimum absolute atomic E-state index is 0.644. The molecule has 0 spiro atoms. The molecule has 0 amide bonds. The molecular formula is C35H62N2O22. The van der Waals surface area contributed by atoms with Crippen molar-refractivity contribution in [1.82, 2.24) is 0 Å². The summed E-state index contributed by atoms with van der Waals surface area (Å²) >= 11 is 0. The quantitative estimate of drug-likeness (QED) is 0.0917. The van der Waals surface area contributed by atoms with E-state index in [-0.39, 0.29) is 0 Å². The Morgan fingerprint density at radius 1 is 0.525 bits per heavy atom. The summed E-state index contributed by atoms with van der Waals surface area (Å²) < 4.78 is 60.1. The van der Waals surface area contributed by atoms with Gasteiger partial charge in [0.15, 0.2) is 25.2 Å². The third-order valence-electron chi connectivity index (χ3n) is 11.9. The van der Waals surface area contributed by atoms with Gasteiger partial charge in [0.1, 0.15) is 85.5 Å². The van der Waals surface area contributed by atoms with E-state index in [1.54, 1.807) is 20.8 Å². The van der Waals surface area contributed by atoms with Gasteiger partial charge in [-0.25, -0.2) is 0 Å². The average molecular weight is 863 g/mol. The van der Waals surface area contributed by atoms with Crippen LogP contribution >= 0.6 is 0 Å². The molecule has 24 heteroatoms. The van der Waals surface area contributed by atoms with Crippen molar-refractivity contribution < 1.29 is 109 Å². The molecule has 0 aliphatic carbocycles. The van der Waals surface area contributed by atoms with E-state index in [2.05, 4.69) is 0 Å². The molecule has 6 aliphatic rings. The van der Waals surface area contributed by atoms with Crippen LogP contribution in [0.1, 0.15) is 34.6 Å². The Morgan fingerprint density at radius 2 is 1.05 bits per heavy atom. The maximum atomic E-state index is 11.4. The van der Waals surface area contributed by atoms with E-state index in [9.17, 15) is 61.3 Å². The standard InChI is InChI=1S/C35H62N2O22/c1-9-17(41)21(45)24(48)29(50-9)35(59-33-28(23(47)19(43)12(7-39)54-33)56-32-25(49)22(46)18(42)10(2)51-32)14-11(6-38)52-30(15(36)26(14)57-35)55-27-16(37)31(58-34(3,4)5)53-13(8-40)20(27)44/h9-33,38-49H,6-8,36-37H2,1-5H3/t9?,10?,11?,12?,13?,14?,15?,16?,17?,18-,19?,20?,21-,22?,23+,24?,25+,26+,27-,28?,29-,30+,31-,32?,33+,35?/m1/s1. The summed E-state index contributed by atoms with van der Waals surface area (Å²) in [6.45, 7) is 5.61. The van der Waals surface area contributed by atoms with E-state index >= 15 is 0 Å². The summed E-state index contributed by atoms with van der Waals surface area (Å²) in [5, 5.41) is 129. The maximum Gasteiger partial charge on any atom is 0.208 e. The van der Waals surface area contributed by atoms with E-state index in [0.717, 1.165) is 0 Å². The van der Waals surface area contributed by atoms with Crippen LogP contribution in [0.25, 0.3) is 0 Å². The first kappa shape index (κ1) is 47.5. The van der Waals surface area contributed by atoms with Crippen LogP contribution in [0.15, 0.2) is 0 Å². The molecule has 24 nitrogen and oxygen atoms in total. The number of rotatable bonds is 11. The highest BCUT2D eigenvalue weighted by molar-refractivity contribution is 5.14. The van der Waals surface area contributed by atoms with Gasteiger partial charge in [-0.2, -0.15) is 0 Å². The highest BCUT2D eigenvalue weighted by Gasteiger charge is 2.73. The molecule has 16 N–H and O–H groups in total. The van der Waals surface area contributed by atoms with Gasteiger partial charge in [0, 0.05) is 0 Å². The summed E-state index contributed by atoms with van der Waals surface area (Å²) in [6.07, 6.45) is -35.2. The molecule has 6 rings (SSSR count). The molecule has 0 saturated carbocycles. The first-order valence-electron chi connectivity index (χ1n) is 19.7. The summed E-state index contributed by atoms with van der Waals surface area (Å²) in [5.41, 5.74) is 12.4. The topological polar surface area (TPSA) is 387 Å². The Bertz CT molecular complexity index is 1380. The second-order valence-corrected chi connectivity index (χ2v) is 17.1. The zero-order valence-corrected chi connectivity index (χ0v) is 33.2. The predicted molar refractivity (Wildman–Crippen MR) is 189 cm³/mol. The van der Waals surface area contributed by atoms with Crippen molar-refractivity contribution in [1.29, 1.82) is 0 Å². The molecule has 344 valence electrons. The smallest absolute Gasteiger partial charge is 0.208 e. The molecule has 0 aromatic rings. The molecule has 6 aliphatic heterocycles. The Hall–Kier alpha value is -0.960. The number of fused-ring (bicyclic) bond motifs is 1. The minimum atomic E-state index is -2.42. The average Bonchev–Trinajstić information content (AvgIpc) is 3.18. The number of hydrogen-bond donors (Lipinski definition) is 14. The third-order valence-corrected chi connectivity index (χ3v) is 11.9. The normalized spacial score (nSPS) is 54.7. The van der Waals surface area contributed by atoms with Crippen LogP contribution in [0.3, 0.4) is 0 Å². The minimum Gasteiger partial charge on any atom is -0.394 e. The Balaban J connectivity index is 1.33. The van der Waals surface area contributed by atoms with E-state index in [0.29, 0.717) is 0 Å². The molecule has 16 unspecified atom stereocenters. The summed E-state index contributed by atoms with van der Waals surface area (Å²) in [5.74, 6) is -3.72. The Kier molecular flexibility index (Phi) is 14.7. The van der Waals surface area contributed by atoms with E-state index in [1.807, 2.05) is 0 Å². The molecule has 0 bridgehead atoms. The molecule has 6 fully saturated rings. The zero-order chi connectivity index (χ0) is 43.6. The van der Waals surface area contributed by atoms with Crippen molar-refractivity contribution in [3.05, 3.63) is 0 Å². The fraction of sp³-hybridized carbons (Fsp3) is 1.00. The molecule has 0 aromatic carbocycles. The fourth-order valence-electron chi connectivity index (χ4n) is 8.53. The third kappa shape index (κ3) is 8.81. The van der Waals surface area contributed by atoms with Gasteiger partial charge in [-0.1, -0.05) is 0 Å². The van der Waals surface area contributed by atoms with Gasteiger partial charge in [0.2, 0.25) is 5.79 Å². The van der Waals surface area contributed by atoms with Gasteiger partial charge < -0.3 is 120 Å². The van der Waals surface area contributed by atoms with E-state index < -0.39 is 184 Å². The number of ether oxygens (including phenoxy) is 10. The highest BCUT2D eigenvalue weighted by Crippen LogP contribution is 2.54. The van der Waals surface area contributed by atoms with Gasteiger partial charge in [0.05, 0.1) is 67.8 Å². The van der Waals surface area contributed by atoms with Crippen molar-refractivity contribution in [2.24, 2.45) is 17.4 Å². The van der Waals surface area contributed by atoms with Gasteiger partial charge in [-0.05, 0) is 34.6 Å². The molecule has 0 aromatic heterocycles. The largest absolute Gasteiger partial charge is 0.394 e. The van der Waals surface area contributed by atoms with Crippen molar-refractivity contribution in [2.45, 2.75) is 193 Å². The van der Waals surface area contributed by atoms with Crippen molar-refractivity contribution in [3.63, 3.8) is 0 Å².